The number of carbonyl (C=O) groups excluding carboxylic acids is 2. The Morgan fingerprint density at radius 3 is 2.71 bits per heavy atom. The average molecular weight is 395 g/mol. The lowest BCUT2D eigenvalue weighted by atomic mass is 9.85. The normalized spacial score (nSPS) is 26.2. The van der Waals surface area contributed by atoms with Gasteiger partial charge in [0.1, 0.15) is 6.04 Å². The molecule has 3 N–H and O–H groups in total. The molecule has 3 rings (SSSR count). The van der Waals surface area contributed by atoms with Crippen LogP contribution < -0.4 is 11.1 Å². The van der Waals surface area contributed by atoms with Crippen LogP contribution in [0, 0.1) is 5.92 Å². The number of nitrogens with two attached hydrogens (primary N) is 1. The van der Waals surface area contributed by atoms with E-state index < -0.39 is 0 Å². The van der Waals surface area contributed by atoms with Crippen LogP contribution in [0.15, 0.2) is 11.6 Å². The predicted octanol–water partition coefficient (Wildman–Crippen LogP) is 2.43. The second-order valence-electron chi connectivity index (χ2n) is 6.14. The van der Waals surface area contributed by atoms with E-state index in [-0.39, 0.29) is 54.6 Å². The van der Waals surface area contributed by atoms with E-state index in [0.29, 0.717) is 11.7 Å². The SMILES string of the molecule is Cl.Cl.NC1CCCC(C(=O)N2CCCC2C(=O)Nc2nccs2)C1. The molecule has 1 saturated heterocycles. The third-order valence-electron chi connectivity index (χ3n) is 4.56. The maximum atomic E-state index is 12.7. The highest BCUT2D eigenvalue weighted by atomic mass is 35.5. The van der Waals surface area contributed by atoms with E-state index in [9.17, 15) is 9.59 Å². The van der Waals surface area contributed by atoms with Gasteiger partial charge in [-0.2, -0.15) is 0 Å². The number of nitrogens with one attached hydrogen (secondary N) is 1. The first-order valence-electron chi connectivity index (χ1n) is 7.91. The molecule has 6 nitrogen and oxygen atoms in total. The van der Waals surface area contributed by atoms with E-state index in [0.717, 1.165) is 38.5 Å². The first kappa shape index (κ1) is 21.2. The summed E-state index contributed by atoms with van der Waals surface area (Å²) in [6.07, 6.45) is 6.89. The molecule has 0 bridgehead atoms. The van der Waals surface area contributed by atoms with Gasteiger partial charge in [-0.15, -0.1) is 36.2 Å². The molecule has 24 heavy (non-hydrogen) atoms. The van der Waals surface area contributed by atoms with Gasteiger partial charge >= 0.3 is 0 Å². The molecule has 0 aromatic carbocycles. The molecular formula is C15H24Cl2N4O2S. The minimum absolute atomic E-state index is 0. The quantitative estimate of drug-likeness (QED) is 0.823. The molecule has 1 aliphatic carbocycles. The predicted molar refractivity (Wildman–Crippen MR) is 99.9 cm³/mol. The fourth-order valence-electron chi connectivity index (χ4n) is 3.46. The number of hydrogen-bond acceptors (Lipinski definition) is 5. The molecule has 2 fully saturated rings. The lowest BCUT2D eigenvalue weighted by Gasteiger charge is -2.31. The molecule has 1 aromatic heterocycles. The van der Waals surface area contributed by atoms with Crippen molar-refractivity contribution in [2.75, 3.05) is 11.9 Å². The zero-order valence-corrected chi connectivity index (χ0v) is 15.8. The van der Waals surface area contributed by atoms with Gasteiger partial charge in [-0.25, -0.2) is 4.98 Å². The lowest BCUT2D eigenvalue weighted by Crippen LogP contribution is -2.47. The summed E-state index contributed by atoms with van der Waals surface area (Å²) in [5.41, 5.74) is 5.99. The minimum Gasteiger partial charge on any atom is -0.330 e. The molecule has 3 atom stereocenters. The third-order valence-corrected chi connectivity index (χ3v) is 5.25. The van der Waals surface area contributed by atoms with Crippen LogP contribution in [0.25, 0.3) is 0 Å². The summed E-state index contributed by atoms with van der Waals surface area (Å²) in [6.45, 7) is 0.667. The van der Waals surface area contributed by atoms with Gasteiger partial charge in [0.15, 0.2) is 5.13 Å². The summed E-state index contributed by atoms with van der Waals surface area (Å²) in [5, 5.41) is 5.21. The van der Waals surface area contributed by atoms with Crippen molar-refractivity contribution >= 4 is 53.1 Å². The Morgan fingerprint density at radius 1 is 1.25 bits per heavy atom. The van der Waals surface area contributed by atoms with Crippen LogP contribution in [-0.2, 0) is 9.59 Å². The fourth-order valence-corrected chi connectivity index (χ4v) is 4.00. The van der Waals surface area contributed by atoms with Gasteiger partial charge in [-0.05, 0) is 32.1 Å². The van der Waals surface area contributed by atoms with Crippen molar-refractivity contribution in [3.8, 4) is 0 Å². The van der Waals surface area contributed by atoms with Crippen LogP contribution in [0.3, 0.4) is 0 Å². The summed E-state index contributed by atoms with van der Waals surface area (Å²) in [5.74, 6) is -0.0372. The fraction of sp³-hybridized carbons (Fsp3) is 0.667. The van der Waals surface area contributed by atoms with Crippen molar-refractivity contribution in [3.63, 3.8) is 0 Å². The number of aromatic nitrogens is 1. The van der Waals surface area contributed by atoms with Gasteiger partial charge < -0.3 is 16.0 Å². The number of amides is 2. The van der Waals surface area contributed by atoms with E-state index >= 15 is 0 Å². The molecular weight excluding hydrogens is 371 g/mol. The molecule has 1 aliphatic heterocycles. The van der Waals surface area contributed by atoms with Gasteiger partial charge in [-0.1, -0.05) is 6.42 Å². The van der Waals surface area contributed by atoms with Crippen molar-refractivity contribution < 1.29 is 9.59 Å². The zero-order valence-electron chi connectivity index (χ0n) is 13.3. The summed E-state index contributed by atoms with van der Waals surface area (Å²) >= 11 is 1.38. The maximum Gasteiger partial charge on any atom is 0.248 e. The Bertz CT molecular complexity index is 544. The van der Waals surface area contributed by atoms with Crippen LogP contribution in [0.2, 0.25) is 0 Å². The number of nitrogens with zero attached hydrogens (tertiary/aromatic N) is 2. The van der Waals surface area contributed by atoms with E-state index in [2.05, 4.69) is 10.3 Å². The molecule has 136 valence electrons. The number of hydrogen-bond donors (Lipinski definition) is 2. The van der Waals surface area contributed by atoms with E-state index in [1.54, 1.807) is 11.1 Å². The Morgan fingerprint density at radius 2 is 2.04 bits per heavy atom. The van der Waals surface area contributed by atoms with Crippen molar-refractivity contribution in [2.45, 2.75) is 50.6 Å². The van der Waals surface area contributed by atoms with Gasteiger partial charge in [0, 0.05) is 30.1 Å². The van der Waals surface area contributed by atoms with Gasteiger partial charge in [0.2, 0.25) is 11.8 Å². The van der Waals surface area contributed by atoms with E-state index in [4.69, 9.17) is 5.73 Å². The number of anilines is 1. The summed E-state index contributed by atoms with van der Waals surface area (Å²) in [7, 11) is 0. The first-order chi connectivity index (χ1) is 10.6. The second-order valence-corrected chi connectivity index (χ2v) is 7.03. The van der Waals surface area contributed by atoms with Crippen molar-refractivity contribution in [3.05, 3.63) is 11.6 Å². The summed E-state index contributed by atoms with van der Waals surface area (Å²) < 4.78 is 0. The summed E-state index contributed by atoms with van der Waals surface area (Å²) in [4.78, 5) is 31.0. The largest absolute Gasteiger partial charge is 0.330 e. The molecule has 2 aliphatic rings. The molecule has 2 heterocycles. The molecule has 0 radical (unpaired) electrons. The zero-order chi connectivity index (χ0) is 15.5. The monoisotopic (exact) mass is 394 g/mol. The number of rotatable bonds is 3. The van der Waals surface area contributed by atoms with Crippen LogP contribution in [0.1, 0.15) is 38.5 Å². The molecule has 3 unspecified atom stereocenters. The second kappa shape index (κ2) is 9.56. The smallest absolute Gasteiger partial charge is 0.248 e. The molecule has 1 saturated carbocycles. The maximum absolute atomic E-state index is 12.7. The Kier molecular flexibility index (Phi) is 8.42. The van der Waals surface area contributed by atoms with E-state index in [1.165, 1.54) is 11.3 Å². The highest BCUT2D eigenvalue weighted by Crippen LogP contribution is 2.29. The molecule has 1 aromatic rings. The summed E-state index contributed by atoms with van der Waals surface area (Å²) in [6, 6.07) is -0.248. The van der Waals surface area contributed by atoms with E-state index in [1.807, 2.05) is 5.38 Å². The van der Waals surface area contributed by atoms with Crippen LogP contribution in [0.5, 0.6) is 0 Å². The Labute approximate surface area is 158 Å². The van der Waals surface area contributed by atoms with Crippen molar-refractivity contribution in [1.82, 2.24) is 9.88 Å². The number of halogens is 2. The van der Waals surface area contributed by atoms with Crippen LogP contribution in [0.4, 0.5) is 5.13 Å². The van der Waals surface area contributed by atoms with Gasteiger partial charge in [-0.3, -0.25) is 9.59 Å². The van der Waals surface area contributed by atoms with Crippen LogP contribution in [-0.4, -0.2) is 40.3 Å². The van der Waals surface area contributed by atoms with Crippen molar-refractivity contribution in [2.24, 2.45) is 11.7 Å². The molecule has 2 amide bonds. The highest BCUT2D eigenvalue weighted by molar-refractivity contribution is 7.13. The van der Waals surface area contributed by atoms with Gasteiger partial charge in [0.05, 0.1) is 0 Å². The third kappa shape index (κ3) is 4.81. The number of thiazole rings is 1. The standard InChI is InChI=1S/C15H22N4O2S.2ClH/c16-11-4-1-3-10(9-11)14(21)19-7-2-5-12(19)13(20)18-15-17-6-8-22-15;;/h6,8,10-12H,1-5,7,9,16H2,(H,17,18,20);2*1H. The van der Waals surface area contributed by atoms with Crippen LogP contribution >= 0.6 is 36.2 Å². The Hall–Kier alpha value is -0.890. The lowest BCUT2D eigenvalue weighted by molar-refractivity contribution is -0.141. The average Bonchev–Trinajstić information content (AvgIpc) is 3.17. The highest BCUT2D eigenvalue weighted by Gasteiger charge is 2.38. The number of likely N-dealkylation sites (tertiary alicyclic amines) is 1. The Balaban J connectivity index is 0.00000144. The molecule has 0 spiro atoms. The number of carbonyl (C=O) groups is 2. The van der Waals surface area contributed by atoms with Gasteiger partial charge in [0.25, 0.3) is 0 Å². The minimum atomic E-state index is -0.366. The molecule has 9 heteroatoms. The first-order valence-corrected chi connectivity index (χ1v) is 8.79. The van der Waals surface area contributed by atoms with Crippen molar-refractivity contribution in [1.29, 1.82) is 0 Å². The topological polar surface area (TPSA) is 88.3 Å².